The van der Waals surface area contributed by atoms with E-state index in [1.165, 1.54) is 55.2 Å². The van der Waals surface area contributed by atoms with Gasteiger partial charge in [-0.3, -0.25) is 4.90 Å². The molecule has 94 valence electrons. The summed E-state index contributed by atoms with van der Waals surface area (Å²) in [6, 6.07) is 9.60. The van der Waals surface area contributed by atoms with Crippen molar-refractivity contribution in [3.8, 4) is 0 Å². The Hall–Kier alpha value is -1.28. The number of H-pyrrole nitrogens is 1. The van der Waals surface area contributed by atoms with Gasteiger partial charge < -0.3 is 4.98 Å². The molecule has 2 heteroatoms. The first-order valence-electron chi connectivity index (χ1n) is 7.24. The number of hydrogen-bond donors (Lipinski definition) is 1. The minimum Gasteiger partial charge on any atom is -0.358 e. The molecule has 0 saturated heterocycles. The number of hydrogen-bond acceptors (Lipinski definition) is 1. The van der Waals surface area contributed by atoms with E-state index in [4.69, 9.17) is 0 Å². The van der Waals surface area contributed by atoms with Crippen LogP contribution in [0.25, 0.3) is 10.9 Å². The Bertz CT molecular complexity index is 563. The lowest BCUT2D eigenvalue weighted by Gasteiger charge is -2.32. The van der Waals surface area contributed by atoms with Crippen molar-refractivity contribution in [1.29, 1.82) is 0 Å². The van der Waals surface area contributed by atoms with E-state index in [0.29, 0.717) is 0 Å². The molecule has 1 aliphatic carbocycles. The number of fused-ring (bicyclic) bond motifs is 3. The lowest BCUT2D eigenvalue weighted by atomic mass is 10.0. The standard InChI is InChI=1S/C16H20N2/c1-2-6-12(5-1)18-10-9-16-14(11-18)13-7-3-4-8-15(13)17-16/h3-4,7-8,12,17H,1-2,5-6,9-11H2. The number of aromatic amines is 1. The van der Waals surface area contributed by atoms with Gasteiger partial charge in [-0.1, -0.05) is 31.0 Å². The van der Waals surface area contributed by atoms with Gasteiger partial charge in [-0.2, -0.15) is 0 Å². The Morgan fingerprint density at radius 2 is 1.94 bits per heavy atom. The van der Waals surface area contributed by atoms with Crippen LogP contribution in [0.1, 0.15) is 36.9 Å². The summed E-state index contributed by atoms with van der Waals surface area (Å²) < 4.78 is 0. The SMILES string of the molecule is c1ccc2c3c([nH]c2c1)CCN(C1CCCC1)C3. The largest absolute Gasteiger partial charge is 0.358 e. The van der Waals surface area contributed by atoms with Crippen LogP contribution in [0.3, 0.4) is 0 Å². The van der Waals surface area contributed by atoms with Crippen LogP contribution in [0.2, 0.25) is 0 Å². The molecule has 1 aliphatic heterocycles. The average molecular weight is 240 g/mol. The third kappa shape index (κ3) is 1.59. The molecule has 2 aromatic rings. The molecule has 2 nitrogen and oxygen atoms in total. The molecule has 1 fully saturated rings. The fourth-order valence-electron chi connectivity index (χ4n) is 3.77. The molecule has 2 heterocycles. The second-order valence-electron chi connectivity index (χ2n) is 5.79. The van der Waals surface area contributed by atoms with Gasteiger partial charge in [0.05, 0.1) is 0 Å². The molecular formula is C16H20N2. The zero-order chi connectivity index (χ0) is 11.9. The quantitative estimate of drug-likeness (QED) is 0.808. The molecule has 0 spiro atoms. The molecule has 1 aromatic heterocycles. The summed E-state index contributed by atoms with van der Waals surface area (Å²) in [4.78, 5) is 6.32. The normalized spacial score (nSPS) is 21.6. The second-order valence-corrected chi connectivity index (χ2v) is 5.79. The van der Waals surface area contributed by atoms with Gasteiger partial charge in [0.25, 0.3) is 0 Å². The molecule has 0 bridgehead atoms. The predicted molar refractivity (Wildman–Crippen MR) is 74.7 cm³/mol. The van der Waals surface area contributed by atoms with E-state index in [9.17, 15) is 0 Å². The number of aromatic nitrogens is 1. The summed E-state index contributed by atoms with van der Waals surface area (Å²) in [5.41, 5.74) is 4.35. The fourth-order valence-corrected chi connectivity index (χ4v) is 3.77. The van der Waals surface area contributed by atoms with Gasteiger partial charge >= 0.3 is 0 Å². The molecule has 1 N–H and O–H groups in total. The van der Waals surface area contributed by atoms with Crippen LogP contribution in [0, 0.1) is 0 Å². The van der Waals surface area contributed by atoms with Crippen LogP contribution >= 0.6 is 0 Å². The molecular weight excluding hydrogens is 220 g/mol. The molecule has 0 radical (unpaired) electrons. The van der Waals surface area contributed by atoms with Crippen molar-refractivity contribution in [1.82, 2.24) is 9.88 Å². The maximum absolute atomic E-state index is 3.60. The molecule has 2 aliphatic rings. The summed E-state index contributed by atoms with van der Waals surface area (Å²) in [6.45, 7) is 2.40. The van der Waals surface area contributed by atoms with Crippen molar-refractivity contribution < 1.29 is 0 Å². The highest BCUT2D eigenvalue weighted by Crippen LogP contribution is 2.32. The summed E-state index contributed by atoms with van der Waals surface area (Å²) in [7, 11) is 0. The minimum atomic E-state index is 0.854. The number of para-hydroxylation sites is 1. The third-order valence-electron chi connectivity index (χ3n) is 4.75. The Labute approximate surface area is 108 Å². The predicted octanol–water partition coefficient (Wildman–Crippen LogP) is 3.47. The van der Waals surface area contributed by atoms with Gasteiger partial charge in [0.15, 0.2) is 0 Å². The van der Waals surface area contributed by atoms with Crippen LogP contribution in [0.5, 0.6) is 0 Å². The Kier molecular flexibility index (Phi) is 2.44. The highest BCUT2D eigenvalue weighted by atomic mass is 15.2. The molecule has 0 amide bonds. The Morgan fingerprint density at radius 3 is 2.83 bits per heavy atom. The van der Waals surface area contributed by atoms with Gasteiger partial charge in [0.2, 0.25) is 0 Å². The highest BCUT2D eigenvalue weighted by molar-refractivity contribution is 5.84. The second kappa shape index (κ2) is 4.13. The number of rotatable bonds is 1. The molecule has 1 saturated carbocycles. The van der Waals surface area contributed by atoms with Crippen LogP contribution < -0.4 is 0 Å². The van der Waals surface area contributed by atoms with E-state index in [1.807, 2.05) is 0 Å². The Balaban J connectivity index is 1.70. The topological polar surface area (TPSA) is 19.0 Å². The van der Waals surface area contributed by atoms with E-state index in [0.717, 1.165) is 12.6 Å². The summed E-state index contributed by atoms with van der Waals surface area (Å²) >= 11 is 0. The first-order chi connectivity index (χ1) is 8.92. The fraction of sp³-hybridized carbons (Fsp3) is 0.500. The Morgan fingerprint density at radius 1 is 1.11 bits per heavy atom. The maximum Gasteiger partial charge on any atom is 0.0459 e. The first kappa shape index (κ1) is 10.6. The molecule has 18 heavy (non-hydrogen) atoms. The monoisotopic (exact) mass is 240 g/mol. The van der Waals surface area contributed by atoms with E-state index < -0.39 is 0 Å². The lowest BCUT2D eigenvalue weighted by Crippen LogP contribution is -2.37. The van der Waals surface area contributed by atoms with Crippen LogP contribution in [-0.4, -0.2) is 22.5 Å². The zero-order valence-electron chi connectivity index (χ0n) is 10.8. The molecule has 4 rings (SSSR count). The van der Waals surface area contributed by atoms with Crippen molar-refractivity contribution in [3.63, 3.8) is 0 Å². The smallest absolute Gasteiger partial charge is 0.0459 e. The molecule has 0 atom stereocenters. The van der Waals surface area contributed by atoms with Gasteiger partial charge in [0.1, 0.15) is 0 Å². The van der Waals surface area contributed by atoms with E-state index >= 15 is 0 Å². The summed E-state index contributed by atoms with van der Waals surface area (Å²) in [5, 5.41) is 1.44. The molecule has 1 aromatic carbocycles. The summed E-state index contributed by atoms with van der Waals surface area (Å²) in [5.74, 6) is 0. The van der Waals surface area contributed by atoms with E-state index in [1.54, 1.807) is 5.56 Å². The number of benzene rings is 1. The average Bonchev–Trinajstić information content (AvgIpc) is 3.05. The van der Waals surface area contributed by atoms with E-state index in [2.05, 4.69) is 34.1 Å². The maximum atomic E-state index is 3.60. The van der Waals surface area contributed by atoms with Crippen LogP contribution in [-0.2, 0) is 13.0 Å². The van der Waals surface area contributed by atoms with Gasteiger partial charge in [0, 0.05) is 42.1 Å². The third-order valence-corrected chi connectivity index (χ3v) is 4.75. The van der Waals surface area contributed by atoms with Crippen LogP contribution in [0.15, 0.2) is 24.3 Å². The van der Waals surface area contributed by atoms with Crippen molar-refractivity contribution in [3.05, 3.63) is 35.5 Å². The first-order valence-corrected chi connectivity index (χ1v) is 7.24. The minimum absolute atomic E-state index is 0.854. The summed E-state index contributed by atoms with van der Waals surface area (Å²) in [6.07, 6.45) is 6.89. The van der Waals surface area contributed by atoms with Crippen LogP contribution in [0.4, 0.5) is 0 Å². The van der Waals surface area contributed by atoms with Gasteiger partial charge in [-0.25, -0.2) is 0 Å². The molecule has 0 unspecified atom stereocenters. The van der Waals surface area contributed by atoms with E-state index in [-0.39, 0.29) is 0 Å². The zero-order valence-corrected chi connectivity index (χ0v) is 10.8. The van der Waals surface area contributed by atoms with Crippen molar-refractivity contribution in [2.24, 2.45) is 0 Å². The van der Waals surface area contributed by atoms with Crippen molar-refractivity contribution >= 4 is 10.9 Å². The van der Waals surface area contributed by atoms with Crippen molar-refractivity contribution in [2.45, 2.75) is 44.7 Å². The lowest BCUT2D eigenvalue weighted by molar-refractivity contribution is 0.181. The van der Waals surface area contributed by atoms with Crippen molar-refractivity contribution in [2.75, 3.05) is 6.54 Å². The highest BCUT2D eigenvalue weighted by Gasteiger charge is 2.27. The number of nitrogens with one attached hydrogen (secondary N) is 1. The number of nitrogens with zero attached hydrogens (tertiary/aromatic N) is 1. The van der Waals surface area contributed by atoms with Gasteiger partial charge in [-0.05, 0) is 24.5 Å². The van der Waals surface area contributed by atoms with Gasteiger partial charge in [-0.15, -0.1) is 0 Å².